The lowest BCUT2D eigenvalue weighted by Crippen LogP contribution is -2.57. The molecule has 0 amide bonds. The van der Waals surface area contributed by atoms with Crippen LogP contribution < -0.4 is 10.6 Å². The molecule has 0 bridgehead atoms. The fraction of sp³-hybridized carbons (Fsp3) is 0.600. The van der Waals surface area contributed by atoms with Crippen molar-refractivity contribution in [1.29, 1.82) is 0 Å². The number of hydrogen-bond donors (Lipinski definition) is 3. The van der Waals surface area contributed by atoms with Gasteiger partial charge in [0.05, 0.1) is 11.5 Å². The zero-order chi connectivity index (χ0) is 15.2. The summed E-state index contributed by atoms with van der Waals surface area (Å²) in [7, 11) is 0. The van der Waals surface area contributed by atoms with Gasteiger partial charge in [0.2, 0.25) is 5.95 Å². The molecule has 2 unspecified atom stereocenters. The third-order valence-electron chi connectivity index (χ3n) is 4.38. The SMILES string of the molecule is CCNc1nc(NC2CC(O)C2(C)C)c2cc(C)sc2n1. The molecule has 0 saturated heterocycles. The van der Waals surface area contributed by atoms with Crippen LogP contribution in [-0.2, 0) is 0 Å². The Morgan fingerprint density at radius 2 is 2.19 bits per heavy atom. The van der Waals surface area contributed by atoms with E-state index in [-0.39, 0.29) is 17.6 Å². The van der Waals surface area contributed by atoms with Crippen molar-refractivity contribution in [3.63, 3.8) is 0 Å². The lowest BCUT2D eigenvalue weighted by atomic mass is 9.64. The summed E-state index contributed by atoms with van der Waals surface area (Å²) < 4.78 is 0. The van der Waals surface area contributed by atoms with Crippen LogP contribution in [0.1, 0.15) is 32.1 Å². The lowest BCUT2D eigenvalue weighted by molar-refractivity contribution is -0.0511. The van der Waals surface area contributed by atoms with Gasteiger partial charge in [0.25, 0.3) is 0 Å². The molecule has 3 rings (SSSR count). The second-order valence-corrected chi connectivity index (χ2v) is 7.51. The smallest absolute Gasteiger partial charge is 0.226 e. The van der Waals surface area contributed by atoms with Crippen molar-refractivity contribution in [2.45, 2.75) is 46.3 Å². The summed E-state index contributed by atoms with van der Waals surface area (Å²) in [6.07, 6.45) is 0.516. The summed E-state index contributed by atoms with van der Waals surface area (Å²) in [5, 5.41) is 17.7. The molecule has 1 aliphatic rings. The molecule has 2 heterocycles. The van der Waals surface area contributed by atoms with Gasteiger partial charge in [-0.15, -0.1) is 11.3 Å². The van der Waals surface area contributed by atoms with Crippen LogP contribution in [0.4, 0.5) is 11.8 Å². The zero-order valence-electron chi connectivity index (χ0n) is 12.9. The second-order valence-electron chi connectivity index (χ2n) is 6.27. The van der Waals surface area contributed by atoms with E-state index in [1.807, 2.05) is 6.92 Å². The molecular weight excluding hydrogens is 284 g/mol. The highest BCUT2D eigenvalue weighted by Crippen LogP contribution is 2.43. The number of anilines is 2. The lowest BCUT2D eigenvalue weighted by Gasteiger charge is -2.49. The van der Waals surface area contributed by atoms with Gasteiger partial charge in [-0.05, 0) is 26.3 Å². The number of hydrogen-bond acceptors (Lipinski definition) is 6. The predicted octanol–water partition coefficient (Wildman–Crippen LogP) is 3.00. The Kier molecular flexibility index (Phi) is 3.53. The van der Waals surface area contributed by atoms with E-state index in [0.29, 0.717) is 5.95 Å². The number of aliphatic hydroxyl groups is 1. The van der Waals surface area contributed by atoms with E-state index in [1.165, 1.54) is 4.88 Å². The Morgan fingerprint density at radius 1 is 1.43 bits per heavy atom. The van der Waals surface area contributed by atoms with Crippen LogP contribution >= 0.6 is 11.3 Å². The molecule has 2 atom stereocenters. The predicted molar refractivity (Wildman–Crippen MR) is 88.1 cm³/mol. The summed E-state index contributed by atoms with van der Waals surface area (Å²) in [4.78, 5) is 11.4. The van der Waals surface area contributed by atoms with Gasteiger partial charge in [0.15, 0.2) is 0 Å². The molecule has 0 radical (unpaired) electrons. The number of nitrogens with zero attached hydrogens (tertiary/aromatic N) is 2. The van der Waals surface area contributed by atoms with Gasteiger partial charge in [0, 0.05) is 22.9 Å². The molecule has 0 aromatic carbocycles. The van der Waals surface area contributed by atoms with Gasteiger partial charge in [-0.3, -0.25) is 0 Å². The Bertz CT molecular complexity index is 667. The standard InChI is InChI=1S/C15H22N4OS/c1-5-16-14-18-12(9-6-8(2)21-13(9)19-14)17-10-7-11(20)15(10,3)4/h6,10-11,20H,5,7H2,1-4H3,(H2,16,17,18,19). The summed E-state index contributed by atoms with van der Waals surface area (Å²) in [5.74, 6) is 1.53. The fourth-order valence-electron chi connectivity index (χ4n) is 2.70. The Hall–Kier alpha value is -1.40. The first-order valence-electron chi connectivity index (χ1n) is 7.38. The van der Waals surface area contributed by atoms with E-state index in [9.17, 15) is 5.11 Å². The average molecular weight is 306 g/mol. The van der Waals surface area contributed by atoms with Crippen molar-refractivity contribution < 1.29 is 5.11 Å². The van der Waals surface area contributed by atoms with Crippen LogP contribution in [0.2, 0.25) is 0 Å². The molecule has 1 aliphatic carbocycles. The van der Waals surface area contributed by atoms with E-state index in [0.717, 1.165) is 29.0 Å². The first-order chi connectivity index (χ1) is 9.91. The number of nitrogens with one attached hydrogen (secondary N) is 2. The summed E-state index contributed by atoms with van der Waals surface area (Å²) >= 11 is 1.68. The third kappa shape index (κ3) is 2.46. The Balaban J connectivity index is 1.96. The molecule has 0 aliphatic heterocycles. The third-order valence-corrected chi connectivity index (χ3v) is 5.32. The molecule has 5 nitrogen and oxygen atoms in total. The highest BCUT2D eigenvalue weighted by Gasteiger charge is 2.47. The first kappa shape index (κ1) is 14.5. The summed E-state index contributed by atoms with van der Waals surface area (Å²) in [6.45, 7) is 9.08. The van der Waals surface area contributed by atoms with Crippen LogP contribution in [0, 0.1) is 12.3 Å². The number of fused-ring (bicyclic) bond motifs is 1. The molecule has 2 aromatic heterocycles. The molecule has 3 N–H and O–H groups in total. The minimum absolute atomic E-state index is 0.124. The molecule has 21 heavy (non-hydrogen) atoms. The maximum Gasteiger partial charge on any atom is 0.226 e. The van der Waals surface area contributed by atoms with Crippen LogP contribution in [0.15, 0.2) is 6.07 Å². The highest BCUT2D eigenvalue weighted by molar-refractivity contribution is 7.18. The molecule has 1 fully saturated rings. The summed E-state index contributed by atoms with van der Waals surface area (Å²) in [6, 6.07) is 2.36. The first-order valence-corrected chi connectivity index (χ1v) is 8.20. The van der Waals surface area contributed by atoms with Crippen molar-refractivity contribution in [2.24, 2.45) is 5.41 Å². The van der Waals surface area contributed by atoms with Gasteiger partial charge in [0.1, 0.15) is 10.6 Å². The fourth-order valence-corrected chi connectivity index (χ4v) is 3.58. The number of aliphatic hydroxyl groups excluding tert-OH is 1. The van der Waals surface area contributed by atoms with Crippen LogP contribution in [0.5, 0.6) is 0 Å². The maximum absolute atomic E-state index is 9.90. The molecule has 0 spiro atoms. The van der Waals surface area contributed by atoms with Gasteiger partial charge < -0.3 is 15.7 Å². The zero-order valence-corrected chi connectivity index (χ0v) is 13.7. The maximum atomic E-state index is 9.90. The van der Waals surface area contributed by atoms with E-state index >= 15 is 0 Å². The average Bonchev–Trinajstić information content (AvgIpc) is 2.79. The van der Waals surface area contributed by atoms with Crippen molar-refractivity contribution in [1.82, 2.24) is 9.97 Å². The van der Waals surface area contributed by atoms with Crippen molar-refractivity contribution >= 4 is 33.3 Å². The van der Waals surface area contributed by atoms with Crippen LogP contribution in [0.25, 0.3) is 10.2 Å². The van der Waals surface area contributed by atoms with Crippen LogP contribution in [-0.4, -0.2) is 33.8 Å². The highest BCUT2D eigenvalue weighted by atomic mass is 32.1. The quantitative estimate of drug-likeness (QED) is 0.810. The molecule has 2 aromatic rings. The summed E-state index contributed by atoms with van der Waals surface area (Å²) in [5.41, 5.74) is -0.124. The number of aryl methyl sites for hydroxylation is 1. The van der Waals surface area contributed by atoms with Gasteiger partial charge >= 0.3 is 0 Å². The van der Waals surface area contributed by atoms with E-state index in [2.05, 4.69) is 47.4 Å². The largest absolute Gasteiger partial charge is 0.392 e. The number of aromatic nitrogens is 2. The minimum Gasteiger partial charge on any atom is -0.392 e. The minimum atomic E-state index is -0.246. The Labute approximate surface area is 128 Å². The molecule has 1 saturated carbocycles. The van der Waals surface area contributed by atoms with Crippen molar-refractivity contribution in [2.75, 3.05) is 17.2 Å². The van der Waals surface area contributed by atoms with Gasteiger partial charge in [-0.1, -0.05) is 13.8 Å². The Morgan fingerprint density at radius 3 is 2.81 bits per heavy atom. The normalized spacial score (nSPS) is 23.9. The number of thiophene rings is 1. The van der Waals surface area contributed by atoms with Gasteiger partial charge in [-0.2, -0.15) is 4.98 Å². The van der Waals surface area contributed by atoms with Crippen LogP contribution in [0.3, 0.4) is 0 Å². The number of rotatable bonds is 4. The molecule has 6 heteroatoms. The topological polar surface area (TPSA) is 70.1 Å². The van der Waals surface area contributed by atoms with E-state index in [1.54, 1.807) is 11.3 Å². The van der Waals surface area contributed by atoms with Crippen molar-refractivity contribution in [3.8, 4) is 0 Å². The van der Waals surface area contributed by atoms with Gasteiger partial charge in [-0.25, -0.2) is 4.98 Å². The van der Waals surface area contributed by atoms with Crippen molar-refractivity contribution in [3.05, 3.63) is 10.9 Å². The second kappa shape index (κ2) is 5.10. The monoisotopic (exact) mass is 306 g/mol. The van der Waals surface area contributed by atoms with E-state index < -0.39 is 0 Å². The molecular formula is C15H22N4OS. The van der Waals surface area contributed by atoms with E-state index in [4.69, 9.17) is 0 Å². The molecule has 114 valence electrons.